The number of hydrogen-bond donors (Lipinski definition) is 0. The zero-order chi connectivity index (χ0) is 30.1. The lowest BCUT2D eigenvalue weighted by Gasteiger charge is -2.51. The van der Waals surface area contributed by atoms with E-state index in [1.165, 1.54) is 42.4 Å². The van der Waals surface area contributed by atoms with Gasteiger partial charge < -0.3 is 0 Å². The minimum atomic E-state index is -3.69. The maximum atomic E-state index is 14.1. The fraction of sp³-hybridized carbons (Fsp3) is 0.351. The Balaban J connectivity index is 1.56. The Kier molecular flexibility index (Phi) is 10.7. The van der Waals surface area contributed by atoms with E-state index in [4.69, 9.17) is 11.6 Å². The molecule has 4 aromatic carbocycles. The van der Waals surface area contributed by atoms with E-state index >= 15 is 0 Å². The molecule has 1 fully saturated rings. The van der Waals surface area contributed by atoms with Crippen molar-refractivity contribution < 1.29 is 8.42 Å². The quantitative estimate of drug-likeness (QED) is 0.112. The van der Waals surface area contributed by atoms with Crippen LogP contribution in [-0.4, -0.2) is 43.3 Å². The molecule has 0 bridgehead atoms. The standard InChI is InChI=1S/C37H43ClN2O2S/c1-2-3-4-5-6-16-23-35-30-39(28-29-40(35)43(41,42)36-26-24-34(38)25-27-36)37(31-17-10-7-11-18-31,32-19-12-8-13-20-32)33-21-14-9-15-22-33/h7-15,17-22,24-27,35H,2-6,16,23,28-30H2,1H3. The van der Waals surface area contributed by atoms with E-state index in [0.29, 0.717) is 29.6 Å². The minimum absolute atomic E-state index is 0.156. The summed E-state index contributed by atoms with van der Waals surface area (Å²) in [5, 5.41) is 0.533. The van der Waals surface area contributed by atoms with E-state index in [0.717, 1.165) is 19.3 Å². The predicted octanol–water partition coefficient (Wildman–Crippen LogP) is 8.76. The number of hydrogen-bond acceptors (Lipinski definition) is 3. The van der Waals surface area contributed by atoms with Crippen molar-refractivity contribution in [1.82, 2.24) is 9.21 Å². The number of unbranched alkanes of at least 4 members (excludes halogenated alkanes) is 5. The largest absolute Gasteiger partial charge is 0.283 e. The van der Waals surface area contributed by atoms with Gasteiger partial charge in [-0.2, -0.15) is 4.31 Å². The highest BCUT2D eigenvalue weighted by atomic mass is 35.5. The molecule has 226 valence electrons. The summed E-state index contributed by atoms with van der Waals surface area (Å²) in [7, 11) is -3.69. The first-order valence-electron chi connectivity index (χ1n) is 15.7. The van der Waals surface area contributed by atoms with Gasteiger partial charge in [-0.05, 0) is 47.4 Å². The van der Waals surface area contributed by atoms with Crippen LogP contribution in [0.25, 0.3) is 0 Å². The SMILES string of the molecule is CCCCCCCCC1CN(C(c2ccccc2)(c2ccccc2)c2ccccc2)CCN1S(=O)(=O)c1ccc(Cl)cc1. The van der Waals surface area contributed by atoms with Crippen LogP contribution in [0, 0.1) is 0 Å². The Bertz CT molecular complexity index is 1420. The molecule has 43 heavy (non-hydrogen) atoms. The second-order valence-corrected chi connectivity index (χ2v) is 13.9. The van der Waals surface area contributed by atoms with Crippen LogP contribution in [0.4, 0.5) is 0 Å². The Hall–Kier alpha value is -2.96. The van der Waals surface area contributed by atoms with Gasteiger partial charge in [-0.25, -0.2) is 8.42 Å². The number of benzene rings is 4. The molecule has 1 aliphatic heterocycles. The van der Waals surface area contributed by atoms with Crippen molar-refractivity contribution in [1.29, 1.82) is 0 Å². The van der Waals surface area contributed by atoms with E-state index in [-0.39, 0.29) is 6.04 Å². The summed E-state index contributed by atoms with van der Waals surface area (Å²) in [6, 6.07) is 38.5. The third kappa shape index (κ3) is 6.91. The molecular formula is C37H43ClN2O2S. The molecule has 1 heterocycles. The summed E-state index contributed by atoms with van der Waals surface area (Å²) < 4.78 is 30.0. The number of sulfonamides is 1. The molecule has 1 saturated heterocycles. The van der Waals surface area contributed by atoms with E-state index in [1.807, 2.05) is 0 Å². The van der Waals surface area contributed by atoms with Crippen molar-refractivity contribution in [3.8, 4) is 0 Å². The molecule has 1 unspecified atom stereocenters. The van der Waals surface area contributed by atoms with Gasteiger partial charge in [-0.15, -0.1) is 0 Å². The first kappa shape index (κ1) is 31.5. The summed E-state index contributed by atoms with van der Waals surface area (Å²) in [6.07, 6.45) is 7.84. The van der Waals surface area contributed by atoms with Crippen LogP contribution in [0.1, 0.15) is 68.6 Å². The van der Waals surface area contributed by atoms with Crippen molar-refractivity contribution in [2.45, 2.75) is 68.3 Å². The zero-order valence-electron chi connectivity index (χ0n) is 25.1. The number of nitrogens with zero attached hydrogens (tertiary/aromatic N) is 2. The molecule has 0 amide bonds. The minimum Gasteiger partial charge on any atom is -0.283 e. The monoisotopic (exact) mass is 614 g/mol. The third-order valence-corrected chi connectivity index (χ3v) is 11.0. The molecule has 0 aromatic heterocycles. The Labute approximate surface area is 263 Å². The zero-order valence-corrected chi connectivity index (χ0v) is 26.7. The molecule has 6 heteroatoms. The highest BCUT2D eigenvalue weighted by Gasteiger charge is 2.47. The number of halogens is 1. The van der Waals surface area contributed by atoms with E-state index < -0.39 is 15.6 Å². The summed E-state index contributed by atoms with van der Waals surface area (Å²) in [4.78, 5) is 2.83. The smallest absolute Gasteiger partial charge is 0.243 e. The van der Waals surface area contributed by atoms with Crippen LogP contribution in [-0.2, 0) is 15.6 Å². The average molecular weight is 615 g/mol. The maximum absolute atomic E-state index is 14.1. The maximum Gasteiger partial charge on any atom is 0.243 e. The highest BCUT2D eigenvalue weighted by molar-refractivity contribution is 7.89. The second kappa shape index (κ2) is 14.7. The van der Waals surface area contributed by atoms with Gasteiger partial charge >= 0.3 is 0 Å². The van der Waals surface area contributed by atoms with Crippen LogP contribution in [0.3, 0.4) is 0 Å². The van der Waals surface area contributed by atoms with E-state index in [1.54, 1.807) is 28.6 Å². The second-order valence-electron chi connectivity index (χ2n) is 11.5. The van der Waals surface area contributed by atoms with E-state index in [9.17, 15) is 8.42 Å². The summed E-state index contributed by atoms with van der Waals surface area (Å²) in [5.41, 5.74) is 2.97. The van der Waals surface area contributed by atoms with E-state index in [2.05, 4.69) is 103 Å². The molecule has 5 rings (SSSR count). The summed E-state index contributed by atoms with van der Waals surface area (Å²) in [5.74, 6) is 0. The van der Waals surface area contributed by atoms with Crippen LogP contribution >= 0.6 is 11.6 Å². The lowest BCUT2D eigenvalue weighted by Crippen LogP contribution is -2.61. The van der Waals surface area contributed by atoms with Gasteiger partial charge in [0.1, 0.15) is 0 Å². The molecule has 4 aromatic rings. The van der Waals surface area contributed by atoms with Crippen LogP contribution in [0.5, 0.6) is 0 Å². The molecule has 0 radical (unpaired) electrons. The highest BCUT2D eigenvalue weighted by Crippen LogP contribution is 2.44. The summed E-state index contributed by atoms with van der Waals surface area (Å²) in [6.45, 7) is 3.87. The van der Waals surface area contributed by atoms with Crippen LogP contribution < -0.4 is 0 Å². The Morgan fingerprint density at radius 3 is 1.67 bits per heavy atom. The van der Waals surface area contributed by atoms with Gasteiger partial charge in [0.05, 0.1) is 10.4 Å². The topological polar surface area (TPSA) is 40.6 Å². The van der Waals surface area contributed by atoms with Gasteiger partial charge in [0, 0.05) is 30.7 Å². The average Bonchev–Trinajstić information content (AvgIpc) is 3.05. The fourth-order valence-corrected chi connectivity index (χ4v) is 8.45. The first-order chi connectivity index (χ1) is 21.0. The lowest BCUT2D eigenvalue weighted by molar-refractivity contribution is 0.0664. The van der Waals surface area contributed by atoms with Crippen molar-refractivity contribution in [2.24, 2.45) is 0 Å². The normalized spacial score (nSPS) is 16.7. The molecular weight excluding hydrogens is 572 g/mol. The first-order valence-corrected chi connectivity index (χ1v) is 17.5. The molecule has 0 N–H and O–H groups in total. The molecule has 1 aliphatic rings. The van der Waals surface area contributed by atoms with Gasteiger partial charge in [0.15, 0.2) is 0 Å². The van der Waals surface area contributed by atoms with Gasteiger partial charge in [0.25, 0.3) is 0 Å². The van der Waals surface area contributed by atoms with Gasteiger partial charge in [-0.3, -0.25) is 4.90 Å². The third-order valence-electron chi connectivity index (χ3n) is 8.79. The van der Waals surface area contributed by atoms with Crippen LogP contribution in [0.2, 0.25) is 5.02 Å². The molecule has 0 spiro atoms. The lowest BCUT2D eigenvalue weighted by atomic mass is 9.75. The molecule has 1 atom stereocenters. The Morgan fingerprint density at radius 1 is 0.674 bits per heavy atom. The number of piperazine rings is 1. The van der Waals surface area contributed by atoms with Crippen molar-refractivity contribution in [3.05, 3.63) is 137 Å². The molecule has 0 saturated carbocycles. The summed E-state index contributed by atoms with van der Waals surface area (Å²) >= 11 is 6.13. The molecule has 4 nitrogen and oxygen atoms in total. The predicted molar refractivity (Wildman–Crippen MR) is 178 cm³/mol. The van der Waals surface area contributed by atoms with Crippen molar-refractivity contribution in [2.75, 3.05) is 19.6 Å². The van der Waals surface area contributed by atoms with Crippen molar-refractivity contribution in [3.63, 3.8) is 0 Å². The number of rotatable bonds is 13. The van der Waals surface area contributed by atoms with Gasteiger partial charge in [0.2, 0.25) is 10.0 Å². The Morgan fingerprint density at radius 2 is 1.16 bits per heavy atom. The fourth-order valence-electron chi connectivity index (χ4n) is 6.68. The van der Waals surface area contributed by atoms with Crippen LogP contribution in [0.15, 0.2) is 120 Å². The molecule has 0 aliphatic carbocycles. The van der Waals surface area contributed by atoms with Gasteiger partial charge in [-0.1, -0.05) is 148 Å². The van der Waals surface area contributed by atoms with Crippen molar-refractivity contribution >= 4 is 21.6 Å².